The number of nitro benzene ring substituents is 1. The molecule has 30 heavy (non-hydrogen) atoms. The van der Waals surface area contributed by atoms with Crippen molar-refractivity contribution in [2.75, 3.05) is 16.2 Å². The average molecular weight is 425 g/mol. The first-order valence-corrected chi connectivity index (χ1v) is 10.4. The minimum absolute atomic E-state index is 0.0492. The third-order valence-electron chi connectivity index (χ3n) is 4.37. The molecule has 0 radical (unpaired) electrons. The third kappa shape index (κ3) is 4.64. The third-order valence-corrected chi connectivity index (χ3v) is 6.16. The Bertz CT molecular complexity index is 1170. The highest BCUT2D eigenvalue weighted by atomic mass is 32.2. The molecule has 154 valence electrons. The van der Waals surface area contributed by atoms with E-state index in [4.69, 9.17) is 0 Å². The fraction of sp³-hybridized carbons (Fsp3) is 0.0952. The van der Waals surface area contributed by atoms with Gasteiger partial charge in [-0.3, -0.25) is 19.2 Å². The number of rotatable bonds is 7. The second-order valence-electron chi connectivity index (χ2n) is 6.46. The zero-order valence-electron chi connectivity index (χ0n) is 16.1. The van der Waals surface area contributed by atoms with Gasteiger partial charge < -0.3 is 5.32 Å². The number of carbonyl (C=O) groups excluding carboxylic acids is 1. The number of anilines is 2. The van der Waals surface area contributed by atoms with Gasteiger partial charge in [0.1, 0.15) is 6.54 Å². The summed E-state index contributed by atoms with van der Waals surface area (Å²) in [5.74, 6) is -0.623. The average Bonchev–Trinajstić information content (AvgIpc) is 2.74. The maximum atomic E-state index is 13.2. The van der Waals surface area contributed by atoms with E-state index < -0.39 is 27.4 Å². The summed E-state index contributed by atoms with van der Waals surface area (Å²) in [5, 5.41) is 13.6. The zero-order valence-corrected chi connectivity index (χ0v) is 16.9. The quantitative estimate of drug-likeness (QED) is 0.458. The Labute approximate surface area is 174 Å². The summed E-state index contributed by atoms with van der Waals surface area (Å²) in [5.41, 5.74) is 1.02. The van der Waals surface area contributed by atoms with E-state index in [2.05, 4.69) is 5.32 Å². The van der Waals surface area contributed by atoms with E-state index in [-0.39, 0.29) is 16.3 Å². The lowest BCUT2D eigenvalue weighted by Crippen LogP contribution is -2.38. The summed E-state index contributed by atoms with van der Waals surface area (Å²) in [6.45, 7) is 1.19. The van der Waals surface area contributed by atoms with E-state index in [1.807, 2.05) is 0 Å². The van der Waals surface area contributed by atoms with Crippen molar-refractivity contribution < 1.29 is 18.1 Å². The van der Waals surface area contributed by atoms with Crippen molar-refractivity contribution in [1.29, 1.82) is 0 Å². The number of non-ortho nitro benzene ring substituents is 1. The molecule has 1 amide bonds. The monoisotopic (exact) mass is 425 g/mol. The van der Waals surface area contributed by atoms with Crippen LogP contribution in [-0.2, 0) is 14.8 Å². The van der Waals surface area contributed by atoms with Crippen molar-refractivity contribution in [3.8, 4) is 0 Å². The molecule has 1 N–H and O–H groups in total. The molecule has 0 unspecified atom stereocenters. The molecule has 0 saturated carbocycles. The maximum Gasteiger partial charge on any atom is 0.271 e. The highest BCUT2D eigenvalue weighted by Gasteiger charge is 2.27. The molecule has 0 aliphatic rings. The number of amides is 1. The maximum absolute atomic E-state index is 13.2. The number of para-hydroxylation sites is 1. The molecule has 0 aromatic heterocycles. The van der Waals surface area contributed by atoms with Gasteiger partial charge in [0.05, 0.1) is 21.2 Å². The van der Waals surface area contributed by atoms with Gasteiger partial charge in [-0.05, 0) is 36.8 Å². The Balaban J connectivity index is 1.92. The SMILES string of the molecule is Cc1ccc([N+](=O)[O-])cc1NC(=O)CN(c1ccccc1)S(=O)(=O)c1ccccc1. The van der Waals surface area contributed by atoms with Gasteiger partial charge in [0.25, 0.3) is 15.7 Å². The molecular formula is C21H19N3O5S. The number of aryl methyl sites for hydroxylation is 1. The van der Waals surface area contributed by atoms with Crippen LogP contribution < -0.4 is 9.62 Å². The van der Waals surface area contributed by atoms with Crippen LogP contribution in [-0.4, -0.2) is 25.8 Å². The van der Waals surface area contributed by atoms with E-state index >= 15 is 0 Å². The van der Waals surface area contributed by atoms with Gasteiger partial charge in [-0.15, -0.1) is 0 Å². The predicted octanol–water partition coefficient (Wildman–Crippen LogP) is 3.74. The van der Waals surface area contributed by atoms with E-state index in [0.717, 1.165) is 4.31 Å². The van der Waals surface area contributed by atoms with Crippen LogP contribution in [0.2, 0.25) is 0 Å². The van der Waals surface area contributed by atoms with Gasteiger partial charge in [-0.2, -0.15) is 0 Å². The molecule has 0 aliphatic carbocycles. The minimum Gasteiger partial charge on any atom is -0.324 e. The second-order valence-corrected chi connectivity index (χ2v) is 8.33. The van der Waals surface area contributed by atoms with Crippen LogP contribution in [0, 0.1) is 17.0 Å². The smallest absolute Gasteiger partial charge is 0.271 e. The lowest BCUT2D eigenvalue weighted by Gasteiger charge is -2.24. The van der Waals surface area contributed by atoms with Crippen molar-refractivity contribution in [3.05, 3.63) is 94.5 Å². The standard InChI is InChI=1S/C21H19N3O5S/c1-16-12-13-18(24(26)27)14-20(16)22-21(25)15-23(17-8-4-2-5-9-17)30(28,29)19-10-6-3-7-11-19/h2-14H,15H2,1H3,(H,22,25). The van der Waals surface area contributed by atoms with Gasteiger partial charge in [0.15, 0.2) is 0 Å². The van der Waals surface area contributed by atoms with E-state index in [1.54, 1.807) is 55.5 Å². The molecule has 0 bridgehead atoms. The Kier molecular flexibility index (Phi) is 6.12. The first-order valence-electron chi connectivity index (χ1n) is 8.97. The second kappa shape index (κ2) is 8.75. The van der Waals surface area contributed by atoms with Crippen LogP contribution in [0.4, 0.5) is 17.1 Å². The number of carbonyl (C=O) groups is 1. The molecule has 3 aromatic rings. The number of benzene rings is 3. The number of nitrogens with one attached hydrogen (secondary N) is 1. The van der Waals surface area contributed by atoms with Crippen molar-refractivity contribution in [2.45, 2.75) is 11.8 Å². The summed E-state index contributed by atoms with van der Waals surface area (Å²) < 4.78 is 27.4. The van der Waals surface area contributed by atoms with Crippen LogP contribution in [0.25, 0.3) is 0 Å². The molecule has 3 rings (SSSR count). The van der Waals surface area contributed by atoms with Crippen LogP contribution in [0.15, 0.2) is 83.8 Å². The van der Waals surface area contributed by atoms with Gasteiger partial charge in [0, 0.05) is 12.1 Å². The first kappa shape index (κ1) is 21.0. The van der Waals surface area contributed by atoms with Crippen molar-refractivity contribution in [1.82, 2.24) is 0 Å². The normalized spacial score (nSPS) is 11.0. The van der Waals surface area contributed by atoms with Gasteiger partial charge in [0.2, 0.25) is 5.91 Å². The van der Waals surface area contributed by atoms with Crippen LogP contribution in [0.3, 0.4) is 0 Å². The number of hydrogen-bond donors (Lipinski definition) is 1. The molecule has 0 saturated heterocycles. The first-order chi connectivity index (χ1) is 14.3. The number of hydrogen-bond acceptors (Lipinski definition) is 5. The molecule has 9 heteroatoms. The van der Waals surface area contributed by atoms with Crippen LogP contribution >= 0.6 is 0 Å². The van der Waals surface area contributed by atoms with E-state index in [1.165, 1.54) is 30.3 Å². The van der Waals surface area contributed by atoms with E-state index in [9.17, 15) is 23.3 Å². The summed E-state index contributed by atoms with van der Waals surface area (Å²) in [4.78, 5) is 23.2. The Morgan fingerprint density at radius 3 is 2.20 bits per heavy atom. The van der Waals surface area contributed by atoms with Gasteiger partial charge >= 0.3 is 0 Å². The summed E-state index contributed by atoms with van der Waals surface area (Å²) in [6.07, 6.45) is 0. The number of nitro groups is 1. The van der Waals surface area contributed by atoms with Gasteiger partial charge in [-0.25, -0.2) is 8.42 Å². The lowest BCUT2D eigenvalue weighted by molar-refractivity contribution is -0.384. The number of nitrogens with zero attached hydrogens (tertiary/aromatic N) is 2. The fourth-order valence-electron chi connectivity index (χ4n) is 2.81. The molecule has 0 aliphatic heterocycles. The highest BCUT2D eigenvalue weighted by Crippen LogP contribution is 2.25. The predicted molar refractivity (Wildman–Crippen MR) is 114 cm³/mol. The van der Waals surface area contributed by atoms with Gasteiger partial charge in [-0.1, -0.05) is 42.5 Å². The topological polar surface area (TPSA) is 110 Å². The summed E-state index contributed by atoms with van der Waals surface area (Å²) in [7, 11) is -4.01. The Morgan fingerprint density at radius 1 is 1.00 bits per heavy atom. The van der Waals surface area contributed by atoms with Crippen molar-refractivity contribution in [3.63, 3.8) is 0 Å². The molecule has 0 atom stereocenters. The molecule has 0 fully saturated rings. The van der Waals surface area contributed by atoms with Crippen molar-refractivity contribution >= 4 is 33.0 Å². The van der Waals surface area contributed by atoms with Crippen LogP contribution in [0.1, 0.15) is 5.56 Å². The molecule has 3 aromatic carbocycles. The summed E-state index contributed by atoms with van der Waals surface area (Å²) >= 11 is 0. The highest BCUT2D eigenvalue weighted by molar-refractivity contribution is 7.92. The van der Waals surface area contributed by atoms with E-state index in [0.29, 0.717) is 11.3 Å². The number of sulfonamides is 1. The van der Waals surface area contributed by atoms with Crippen molar-refractivity contribution in [2.24, 2.45) is 0 Å². The summed E-state index contributed by atoms with van der Waals surface area (Å²) in [6, 6.07) is 20.2. The fourth-order valence-corrected chi connectivity index (χ4v) is 4.25. The zero-order chi connectivity index (χ0) is 21.7. The molecule has 8 nitrogen and oxygen atoms in total. The minimum atomic E-state index is -4.01. The van der Waals surface area contributed by atoms with Crippen LogP contribution in [0.5, 0.6) is 0 Å². The molecule has 0 heterocycles. The largest absolute Gasteiger partial charge is 0.324 e. The lowest BCUT2D eigenvalue weighted by atomic mass is 10.2. The Morgan fingerprint density at radius 2 is 1.60 bits per heavy atom. The molecule has 0 spiro atoms. The molecular weight excluding hydrogens is 406 g/mol. The Hall–Kier alpha value is -3.72.